The van der Waals surface area contributed by atoms with Crippen LogP contribution < -0.4 is 4.74 Å². The maximum Gasteiger partial charge on any atom is 0.140 e. The van der Waals surface area contributed by atoms with E-state index in [0.717, 1.165) is 44.5 Å². The summed E-state index contributed by atoms with van der Waals surface area (Å²) >= 11 is 0. The fourth-order valence-electron chi connectivity index (χ4n) is 9.46. The fraction of sp³-hybridized carbons (Fsp3) is 0.319. The van der Waals surface area contributed by atoms with Crippen LogP contribution in [-0.2, 0) is 0 Å². The molecule has 0 atom stereocenters. The molecule has 2 saturated carbocycles. The maximum atomic E-state index is 14.4. The molecule has 6 heteroatoms. The van der Waals surface area contributed by atoms with Gasteiger partial charge in [-0.3, -0.25) is 4.57 Å². The molecule has 2 aliphatic carbocycles. The third kappa shape index (κ3) is 6.22. The van der Waals surface area contributed by atoms with Crippen molar-refractivity contribution in [1.82, 2.24) is 19.3 Å². The maximum absolute atomic E-state index is 14.4. The average molecular weight is 703 g/mol. The zero-order valence-electron chi connectivity index (χ0n) is 31.0. The van der Waals surface area contributed by atoms with Gasteiger partial charge >= 0.3 is 0 Å². The molecule has 0 spiro atoms. The summed E-state index contributed by atoms with van der Waals surface area (Å²) in [5, 5.41) is 7.39. The summed E-state index contributed by atoms with van der Waals surface area (Å²) in [4.78, 5) is 4.53. The van der Waals surface area contributed by atoms with Crippen LogP contribution in [0.4, 0.5) is 4.39 Å². The van der Waals surface area contributed by atoms with Crippen LogP contribution in [0, 0.1) is 26.6 Å². The predicted octanol–water partition coefficient (Wildman–Crippen LogP) is 13.0. The van der Waals surface area contributed by atoms with E-state index in [1.807, 2.05) is 34.9 Å². The molecule has 0 saturated heterocycles. The number of pyridine rings is 1. The third-order valence-electron chi connectivity index (χ3n) is 11.9. The lowest BCUT2D eigenvalue weighted by Gasteiger charge is -2.30. The van der Waals surface area contributed by atoms with E-state index in [4.69, 9.17) is 9.84 Å². The molecular weight excluding hydrogens is 656 g/mol. The molecule has 0 bridgehead atoms. The first-order valence-corrected chi connectivity index (χ1v) is 19.6. The standard InChI is InChI=1S/C47H47FN4O/c1-30-25-36(28-38(26-30)53-37-21-22-42-41-17-10-11-20-43(41)51(44(42)29-37)45-27-35(48)23-24-49-45)52-32(3)46(31(2)50-52)47-39(33-13-6-4-7-14-33)18-12-19-40(47)34-15-8-5-9-16-34/h10-12,17-29,33-34H,4-9,13-16H2,1-3H3. The molecule has 9 rings (SSSR count). The number of para-hydroxylation sites is 1. The fourth-order valence-corrected chi connectivity index (χ4v) is 9.46. The first-order chi connectivity index (χ1) is 25.9. The number of aryl methyl sites for hydroxylation is 2. The van der Waals surface area contributed by atoms with Crippen molar-refractivity contribution < 1.29 is 9.13 Å². The van der Waals surface area contributed by atoms with Crippen LogP contribution in [-0.4, -0.2) is 19.3 Å². The number of nitrogens with zero attached hydrogens (tertiary/aromatic N) is 4. The van der Waals surface area contributed by atoms with Crippen molar-refractivity contribution >= 4 is 21.8 Å². The number of rotatable bonds is 7. The Kier molecular flexibility index (Phi) is 8.85. The van der Waals surface area contributed by atoms with Crippen molar-refractivity contribution in [3.05, 3.63) is 131 Å². The molecule has 0 radical (unpaired) electrons. The van der Waals surface area contributed by atoms with Crippen LogP contribution in [0.15, 0.2) is 97.2 Å². The summed E-state index contributed by atoms with van der Waals surface area (Å²) in [7, 11) is 0. The van der Waals surface area contributed by atoms with Gasteiger partial charge in [-0.05, 0) is 117 Å². The van der Waals surface area contributed by atoms with E-state index in [1.165, 1.54) is 110 Å². The highest BCUT2D eigenvalue weighted by molar-refractivity contribution is 6.09. The lowest BCUT2D eigenvalue weighted by molar-refractivity contribution is 0.436. The second-order valence-corrected chi connectivity index (χ2v) is 15.4. The Hall–Kier alpha value is -5.23. The summed E-state index contributed by atoms with van der Waals surface area (Å²) < 4.78 is 25.2. The van der Waals surface area contributed by atoms with Gasteiger partial charge in [-0.1, -0.05) is 74.9 Å². The zero-order chi connectivity index (χ0) is 36.1. The minimum atomic E-state index is -0.324. The number of benzene rings is 4. The minimum Gasteiger partial charge on any atom is -0.457 e. The molecule has 0 N–H and O–H groups in total. The van der Waals surface area contributed by atoms with Gasteiger partial charge in [-0.15, -0.1) is 0 Å². The Bertz CT molecular complexity index is 2430. The summed E-state index contributed by atoms with van der Waals surface area (Å²) in [5.74, 6) is 2.86. The highest BCUT2D eigenvalue weighted by Gasteiger charge is 2.29. The highest BCUT2D eigenvalue weighted by Crippen LogP contribution is 2.46. The zero-order valence-corrected chi connectivity index (χ0v) is 31.0. The van der Waals surface area contributed by atoms with Gasteiger partial charge in [-0.25, -0.2) is 14.1 Å². The van der Waals surface area contributed by atoms with Gasteiger partial charge in [0.2, 0.25) is 0 Å². The van der Waals surface area contributed by atoms with E-state index in [1.54, 1.807) is 0 Å². The summed E-state index contributed by atoms with van der Waals surface area (Å²) in [6.45, 7) is 6.54. The number of ether oxygens (including phenoxy) is 1. The molecule has 7 aromatic rings. The SMILES string of the molecule is Cc1cc(Oc2ccc3c4ccccc4n(-c4cc(F)ccn4)c3c2)cc(-n2nc(C)c(-c3c(C4CCCCC4)cccc3C3CCCCC3)c2C)c1. The van der Waals surface area contributed by atoms with E-state index < -0.39 is 0 Å². The molecule has 0 unspecified atom stereocenters. The molecule has 268 valence electrons. The Morgan fingerprint density at radius 1 is 0.642 bits per heavy atom. The van der Waals surface area contributed by atoms with Gasteiger partial charge < -0.3 is 4.74 Å². The van der Waals surface area contributed by atoms with E-state index >= 15 is 0 Å². The molecule has 4 aromatic carbocycles. The normalized spacial score (nSPS) is 15.8. The van der Waals surface area contributed by atoms with Crippen molar-refractivity contribution in [1.29, 1.82) is 0 Å². The number of hydrogen-bond acceptors (Lipinski definition) is 3. The largest absolute Gasteiger partial charge is 0.457 e. The molecule has 5 nitrogen and oxygen atoms in total. The van der Waals surface area contributed by atoms with Gasteiger partial charge in [0, 0.05) is 46.4 Å². The molecule has 3 heterocycles. The minimum absolute atomic E-state index is 0.324. The monoisotopic (exact) mass is 702 g/mol. The van der Waals surface area contributed by atoms with Crippen molar-refractivity contribution in [3.63, 3.8) is 0 Å². The number of hydrogen-bond donors (Lipinski definition) is 0. The molecule has 0 amide bonds. The van der Waals surface area contributed by atoms with Crippen molar-refractivity contribution in [3.8, 4) is 34.1 Å². The van der Waals surface area contributed by atoms with E-state index in [0.29, 0.717) is 23.4 Å². The molecule has 53 heavy (non-hydrogen) atoms. The van der Waals surface area contributed by atoms with Gasteiger partial charge in [0.1, 0.15) is 23.1 Å². The predicted molar refractivity (Wildman–Crippen MR) is 213 cm³/mol. The average Bonchev–Trinajstić information content (AvgIpc) is 3.67. The molecule has 2 aliphatic rings. The van der Waals surface area contributed by atoms with Crippen LogP contribution >= 0.6 is 0 Å². The second kappa shape index (κ2) is 14.0. The number of aromatic nitrogens is 4. The highest BCUT2D eigenvalue weighted by atomic mass is 19.1. The van der Waals surface area contributed by atoms with Crippen molar-refractivity contribution in [2.75, 3.05) is 0 Å². The first kappa shape index (κ1) is 33.6. The van der Waals surface area contributed by atoms with Crippen LogP contribution in [0.1, 0.15) is 104 Å². The summed E-state index contributed by atoms with van der Waals surface area (Å²) in [6, 6.07) is 30.7. The summed E-state index contributed by atoms with van der Waals surface area (Å²) in [5.41, 5.74) is 12.0. The Morgan fingerprint density at radius 3 is 2.06 bits per heavy atom. The van der Waals surface area contributed by atoms with Gasteiger partial charge in [0.05, 0.1) is 22.4 Å². The van der Waals surface area contributed by atoms with Gasteiger partial charge in [0.15, 0.2) is 0 Å². The lowest BCUT2D eigenvalue weighted by atomic mass is 9.75. The Labute approximate surface area is 311 Å². The summed E-state index contributed by atoms with van der Waals surface area (Å²) in [6.07, 6.45) is 14.6. The molecule has 3 aromatic heterocycles. The van der Waals surface area contributed by atoms with E-state index in [2.05, 4.69) is 79.0 Å². The lowest BCUT2D eigenvalue weighted by Crippen LogP contribution is -2.11. The van der Waals surface area contributed by atoms with Gasteiger partial charge in [-0.2, -0.15) is 5.10 Å². The Balaban J connectivity index is 1.12. The van der Waals surface area contributed by atoms with Crippen molar-refractivity contribution in [2.24, 2.45) is 0 Å². The van der Waals surface area contributed by atoms with E-state index in [-0.39, 0.29) is 5.82 Å². The number of fused-ring (bicyclic) bond motifs is 3. The third-order valence-corrected chi connectivity index (χ3v) is 11.9. The number of halogens is 1. The first-order valence-electron chi connectivity index (χ1n) is 19.6. The van der Waals surface area contributed by atoms with Crippen LogP contribution in [0.5, 0.6) is 11.5 Å². The molecule has 0 aliphatic heterocycles. The molecule has 2 fully saturated rings. The quantitative estimate of drug-likeness (QED) is 0.166. The van der Waals surface area contributed by atoms with Crippen LogP contribution in [0.2, 0.25) is 0 Å². The second-order valence-electron chi connectivity index (χ2n) is 15.4. The van der Waals surface area contributed by atoms with Crippen molar-refractivity contribution in [2.45, 2.75) is 96.8 Å². The topological polar surface area (TPSA) is 44.9 Å². The van der Waals surface area contributed by atoms with Crippen LogP contribution in [0.3, 0.4) is 0 Å². The van der Waals surface area contributed by atoms with Crippen LogP contribution in [0.25, 0.3) is 44.4 Å². The van der Waals surface area contributed by atoms with Gasteiger partial charge in [0.25, 0.3) is 0 Å². The Morgan fingerprint density at radius 2 is 1.34 bits per heavy atom. The molecular formula is C47H47FN4O. The van der Waals surface area contributed by atoms with E-state index in [9.17, 15) is 4.39 Å². The smallest absolute Gasteiger partial charge is 0.140 e.